The minimum absolute atomic E-state index is 0.0587. The average molecular weight is 316 g/mol. The van der Waals surface area contributed by atoms with E-state index < -0.39 is 0 Å². The van der Waals surface area contributed by atoms with Crippen LogP contribution in [0.2, 0.25) is 0 Å². The Morgan fingerprint density at radius 3 is 2.70 bits per heavy atom. The van der Waals surface area contributed by atoms with E-state index >= 15 is 0 Å². The van der Waals surface area contributed by atoms with Gasteiger partial charge in [-0.1, -0.05) is 12.8 Å². The molecule has 1 saturated carbocycles. The van der Waals surface area contributed by atoms with Crippen LogP contribution >= 0.6 is 0 Å². The molecule has 1 aliphatic rings. The molecule has 5 heteroatoms. The van der Waals surface area contributed by atoms with E-state index in [9.17, 15) is 4.79 Å². The summed E-state index contributed by atoms with van der Waals surface area (Å²) in [5.74, 6) is 0.731. The molecule has 1 aromatic carbocycles. The van der Waals surface area contributed by atoms with Gasteiger partial charge in [-0.25, -0.2) is 0 Å². The molecule has 0 radical (unpaired) electrons. The highest BCUT2D eigenvalue weighted by atomic mass is 16.5. The Morgan fingerprint density at radius 2 is 2.04 bits per heavy atom. The van der Waals surface area contributed by atoms with Crippen LogP contribution in [0.25, 0.3) is 10.9 Å². The summed E-state index contributed by atoms with van der Waals surface area (Å²) in [4.78, 5) is 16.0. The fourth-order valence-electron chi connectivity index (χ4n) is 3.60. The van der Waals surface area contributed by atoms with Gasteiger partial charge in [-0.2, -0.15) is 0 Å². The lowest BCUT2D eigenvalue weighted by Gasteiger charge is -2.29. The molecular weight excluding hydrogens is 292 g/mol. The summed E-state index contributed by atoms with van der Waals surface area (Å²) in [6.45, 7) is 2.52. The SMILES string of the molecule is COCC1(NC(=O)c2[nH]c3ccc(OC)cc3c2C)CCCC1. The first-order valence-corrected chi connectivity index (χ1v) is 8.06. The summed E-state index contributed by atoms with van der Waals surface area (Å²) in [5, 5.41) is 4.23. The Kier molecular flexibility index (Phi) is 4.31. The van der Waals surface area contributed by atoms with E-state index in [0.717, 1.165) is 47.9 Å². The number of aromatic amines is 1. The number of carbonyl (C=O) groups excluding carboxylic acids is 1. The van der Waals surface area contributed by atoms with Gasteiger partial charge in [-0.3, -0.25) is 4.79 Å². The van der Waals surface area contributed by atoms with Crippen LogP contribution in [0, 0.1) is 6.92 Å². The molecular formula is C18H24N2O3. The Balaban J connectivity index is 1.90. The van der Waals surface area contributed by atoms with Crippen molar-refractivity contribution in [1.29, 1.82) is 0 Å². The molecule has 1 amide bonds. The number of nitrogens with one attached hydrogen (secondary N) is 2. The maximum Gasteiger partial charge on any atom is 0.268 e. The molecule has 1 aromatic heterocycles. The lowest BCUT2D eigenvalue weighted by molar-refractivity contribution is 0.0763. The van der Waals surface area contributed by atoms with Crippen molar-refractivity contribution < 1.29 is 14.3 Å². The second-order valence-corrected chi connectivity index (χ2v) is 6.41. The summed E-state index contributed by atoms with van der Waals surface area (Å²) in [5.41, 5.74) is 2.28. The number of hydrogen-bond donors (Lipinski definition) is 2. The molecule has 0 spiro atoms. The first kappa shape index (κ1) is 15.9. The molecule has 0 aliphatic heterocycles. The third-order valence-electron chi connectivity index (χ3n) is 4.85. The zero-order chi connectivity index (χ0) is 16.4. The molecule has 0 bridgehead atoms. The van der Waals surface area contributed by atoms with Crippen LogP contribution in [0.1, 0.15) is 41.7 Å². The van der Waals surface area contributed by atoms with E-state index in [-0.39, 0.29) is 11.4 Å². The number of benzene rings is 1. The van der Waals surface area contributed by atoms with Crippen molar-refractivity contribution in [3.05, 3.63) is 29.5 Å². The summed E-state index contributed by atoms with van der Waals surface area (Å²) in [6.07, 6.45) is 4.21. The van der Waals surface area contributed by atoms with Crippen molar-refractivity contribution in [3.8, 4) is 5.75 Å². The lowest BCUT2D eigenvalue weighted by atomic mass is 9.98. The van der Waals surface area contributed by atoms with Gasteiger partial charge in [0.25, 0.3) is 5.91 Å². The third-order valence-corrected chi connectivity index (χ3v) is 4.85. The number of carbonyl (C=O) groups is 1. The number of aromatic nitrogens is 1. The summed E-state index contributed by atoms with van der Waals surface area (Å²) >= 11 is 0. The number of ether oxygens (including phenoxy) is 2. The predicted molar refractivity (Wildman–Crippen MR) is 90.1 cm³/mol. The van der Waals surface area contributed by atoms with Crippen LogP contribution in [0.3, 0.4) is 0 Å². The quantitative estimate of drug-likeness (QED) is 0.890. The number of fused-ring (bicyclic) bond motifs is 1. The molecule has 23 heavy (non-hydrogen) atoms. The lowest BCUT2D eigenvalue weighted by Crippen LogP contribution is -2.49. The second-order valence-electron chi connectivity index (χ2n) is 6.41. The first-order valence-electron chi connectivity index (χ1n) is 8.06. The van der Waals surface area contributed by atoms with E-state index in [4.69, 9.17) is 9.47 Å². The molecule has 1 fully saturated rings. The van der Waals surface area contributed by atoms with Crippen LogP contribution in [0.4, 0.5) is 0 Å². The Morgan fingerprint density at radius 1 is 1.30 bits per heavy atom. The molecule has 124 valence electrons. The van der Waals surface area contributed by atoms with Crippen molar-refractivity contribution in [2.75, 3.05) is 20.8 Å². The van der Waals surface area contributed by atoms with Gasteiger partial charge in [0, 0.05) is 18.0 Å². The smallest absolute Gasteiger partial charge is 0.268 e. The zero-order valence-electron chi connectivity index (χ0n) is 14.0. The fourth-order valence-corrected chi connectivity index (χ4v) is 3.60. The first-order chi connectivity index (χ1) is 11.1. The molecule has 2 aromatic rings. The molecule has 5 nitrogen and oxygen atoms in total. The number of methoxy groups -OCH3 is 2. The van der Waals surface area contributed by atoms with E-state index in [1.807, 2.05) is 25.1 Å². The monoisotopic (exact) mass is 316 g/mol. The highest BCUT2D eigenvalue weighted by molar-refractivity contribution is 6.01. The molecule has 0 unspecified atom stereocenters. The Hall–Kier alpha value is -2.01. The van der Waals surface area contributed by atoms with E-state index in [1.165, 1.54) is 0 Å². The van der Waals surface area contributed by atoms with Gasteiger partial charge in [0.2, 0.25) is 0 Å². The number of H-pyrrole nitrogens is 1. The molecule has 0 saturated heterocycles. The van der Waals surface area contributed by atoms with Crippen molar-refractivity contribution in [2.24, 2.45) is 0 Å². The van der Waals surface area contributed by atoms with E-state index in [1.54, 1.807) is 14.2 Å². The molecule has 1 aliphatic carbocycles. The van der Waals surface area contributed by atoms with Crippen LogP contribution in [-0.4, -0.2) is 37.3 Å². The van der Waals surface area contributed by atoms with Gasteiger partial charge >= 0.3 is 0 Å². The van der Waals surface area contributed by atoms with Gasteiger partial charge in [0.15, 0.2) is 0 Å². The van der Waals surface area contributed by atoms with Crippen molar-refractivity contribution in [3.63, 3.8) is 0 Å². The summed E-state index contributed by atoms with van der Waals surface area (Å²) < 4.78 is 10.6. The van der Waals surface area contributed by atoms with E-state index in [2.05, 4.69) is 10.3 Å². The Labute approximate surface area is 136 Å². The Bertz CT molecular complexity index is 714. The van der Waals surface area contributed by atoms with Crippen molar-refractivity contribution in [1.82, 2.24) is 10.3 Å². The van der Waals surface area contributed by atoms with Crippen LogP contribution < -0.4 is 10.1 Å². The topological polar surface area (TPSA) is 63.3 Å². The second kappa shape index (κ2) is 6.24. The van der Waals surface area contributed by atoms with E-state index in [0.29, 0.717) is 12.3 Å². The minimum Gasteiger partial charge on any atom is -0.497 e. The third kappa shape index (κ3) is 2.93. The average Bonchev–Trinajstić information content (AvgIpc) is 3.13. The summed E-state index contributed by atoms with van der Waals surface area (Å²) in [7, 11) is 3.33. The van der Waals surface area contributed by atoms with Crippen LogP contribution in [0.5, 0.6) is 5.75 Å². The fraction of sp³-hybridized carbons (Fsp3) is 0.500. The molecule has 0 atom stereocenters. The van der Waals surface area contributed by atoms with Crippen LogP contribution in [0.15, 0.2) is 18.2 Å². The number of rotatable bonds is 5. The molecule has 1 heterocycles. The standard InChI is InChI=1S/C18H24N2O3/c1-12-14-10-13(23-3)6-7-15(14)19-16(12)17(21)20-18(11-22-2)8-4-5-9-18/h6-7,10,19H,4-5,8-9,11H2,1-3H3,(H,20,21). The molecule has 3 rings (SSSR count). The molecule has 2 N–H and O–H groups in total. The predicted octanol–water partition coefficient (Wildman–Crippen LogP) is 3.17. The zero-order valence-corrected chi connectivity index (χ0v) is 14.0. The van der Waals surface area contributed by atoms with Crippen LogP contribution in [-0.2, 0) is 4.74 Å². The maximum atomic E-state index is 12.8. The normalized spacial score (nSPS) is 16.7. The van der Waals surface area contributed by atoms with Gasteiger partial charge in [-0.15, -0.1) is 0 Å². The number of aryl methyl sites for hydroxylation is 1. The van der Waals surface area contributed by atoms with Gasteiger partial charge < -0.3 is 19.8 Å². The highest BCUT2D eigenvalue weighted by Crippen LogP contribution is 2.31. The van der Waals surface area contributed by atoms with Gasteiger partial charge in [0.05, 0.1) is 19.3 Å². The maximum absolute atomic E-state index is 12.8. The van der Waals surface area contributed by atoms with Gasteiger partial charge in [-0.05, 0) is 43.5 Å². The van der Waals surface area contributed by atoms with Crippen molar-refractivity contribution >= 4 is 16.8 Å². The number of hydrogen-bond acceptors (Lipinski definition) is 3. The minimum atomic E-state index is -0.229. The summed E-state index contributed by atoms with van der Waals surface area (Å²) in [6, 6.07) is 5.79. The number of amides is 1. The largest absolute Gasteiger partial charge is 0.497 e. The highest BCUT2D eigenvalue weighted by Gasteiger charge is 2.36. The van der Waals surface area contributed by atoms with Gasteiger partial charge in [0.1, 0.15) is 11.4 Å². The van der Waals surface area contributed by atoms with Crippen molar-refractivity contribution in [2.45, 2.75) is 38.1 Å².